The molecule has 0 heterocycles. The molecule has 0 aromatic heterocycles. The van der Waals surface area contributed by atoms with Crippen LogP contribution in [0.4, 0.5) is 0 Å². The highest BCUT2D eigenvalue weighted by atomic mass is 16.2. The second kappa shape index (κ2) is 5.53. The van der Waals surface area contributed by atoms with Crippen LogP contribution in [0, 0.1) is 5.41 Å². The largest absolute Gasteiger partial charge is 0.345 e. The summed E-state index contributed by atoms with van der Waals surface area (Å²) in [5, 5.41) is 0. The second-order valence-electron chi connectivity index (χ2n) is 5.47. The summed E-state index contributed by atoms with van der Waals surface area (Å²) in [6.45, 7) is 1.49. The summed E-state index contributed by atoms with van der Waals surface area (Å²) in [6.07, 6.45) is 4.05. The number of carbonyl (C=O) groups excluding carboxylic acids is 1. The summed E-state index contributed by atoms with van der Waals surface area (Å²) in [7, 11) is 1.89. The Morgan fingerprint density at radius 3 is 2.50 bits per heavy atom. The van der Waals surface area contributed by atoms with Crippen LogP contribution in [0.5, 0.6) is 0 Å². The Kier molecular flexibility index (Phi) is 4.02. The van der Waals surface area contributed by atoms with Crippen LogP contribution < -0.4 is 5.73 Å². The molecular weight excluding hydrogens is 224 g/mol. The van der Waals surface area contributed by atoms with Gasteiger partial charge in [-0.25, -0.2) is 0 Å². The number of likely N-dealkylation sites (N-methyl/N-ethyl adjacent to an activating group) is 1. The highest BCUT2D eigenvalue weighted by Gasteiger charge is 2.37. The molecule has 0 radical (unpaired) electrons. The van der Waals surface area contributed by atoms with Crippen molar-refractivity contribution in [2.24, 2.45) is 11.1 Å². The Balaban J connectivity index is 1.89. The monoisotopic (exact) mass is 246 g/mol. The van der Waals surface area contributed by atoms with Gasteiger partial charge in [-0.1, -0.05) is 36.8 Å². The molecule has 1 aromatic carbocycles. The first-order valence-electron chi connectivity index (χ1n) is 6.63. The molecular formula is C15H22N2O. The summed E-state index contributed by atoms with van der Waals surface area (Å²) in [5.74, 6) is 0.181. The lowest BCUT2D eigenvalue weighted by Crippen LogP contribution is -2.47. The SMILES string of the molecule is CN(CC1(CN)CCC1)C(=O)Cc1ccccc1. The van der Waals surface area contributed by atoms with Crippen LogP contribution in [0.3, 0.4) is 0 Å². The van der Waals surface area contributed by atoms with E-state index >= 15 is 0 Å². The third-order valence-electron chi connectivity index (χ3n) is 4.04. The number of nitrogens with zero attached hydrogens (tertiary/aromatic N) is 1. The van der Waals surface area contributed by atoms with E-state index < -0.39 is 0 Å². The molecule has 0 saturated heterocycles. The highest BCUT2D eigenvalue weighted by Crippen LogP contribution is 2.40. The van der Waals surface area contributed by atoms with Crippen molar-refractivity contribution < 1.29 is 4.79 Å². The van der Waals surface area contributed by atoms with Gasteiger partial charge in [-0.05, 0) is 24.9 Å². The predicted molar refractivity (Wildman–Crippen MR) is 73.1 cm³/mol. The van der Waals surface area contributed by atoms with Crippen LogP contribution >= 0.6 is 0 Å². The number of carbonyl (C=O) groups is 1. The summed E-state index contributed by atoms with van der Waals surface area (Å²) >= 11 is 0. The Hall–Kier alpha value is -1.35. The lowest BCUT2D eigenvalue weighted by molar-refractivity contribution is -0.131. The molecule has 1 fully saturated rings. The summed E-state index contributed by atoms with van der Waals surface area (Å²) < 4.78 is 0. The average Bonchev–Trinajstić information content (AvgIpc) is 2.34. The van der Waals surface area contributed by atoms with E-state index in [4.69, 9.17) is 5.73 Å². The maximum atomic E-state index is 12.1. The van der Waals surface area contributed by atoms with E-state index in [1.165, 1.54) is 6.42 Å². The zero-order valence-corrected chi connectivity index (χ0v) is 11.1. The molecule has 1 saturated carbocycles. The van der Waals surface area contributed by atoms with Crippen LogP contribution in [-0.4, -0.2) is 30.9 Å². The number of hydrogen-bond donors (Lipinski definition) is 1. The van der Waals surface area contributed by atoms with E-state index in [0.717, 1.165) is 24.9 Å². The smallest absolute Gasteiger partial charge is 0.226 e. The molecule has 3 heteroatoms. The summed E-state index contributed by atoms with van der Waals surface area (Å²) in [4.78, 5) is 14.0. The molecule has 3 nitrogen and oxygen atoms in total. The molecule has 1 aliphatic rings. The number of amides is 1. The van der Waals surface area contributed by atoms with Gasteiger partial charge in [-0.2, -0.15) is 0 Å². The minimum absolute atomic E-state index is 0.181. The van der Waals surface area contributed by atoms with Gasteiger partial charge in [0.1, 0.15) is 0 Å². The molecule has 0 aliphatic heterocycles. The van der Waals surface area contributed by atoms with Crippen molar-refractivity contribution in [3.05, 3.63) is 35.9 Å². The molecule has 0 spiro atoms. The van der Waals surface area contributed by atoms with E-state index in [1.807, 2.05) is 42.3 Å². The summed E-state index contributed by atoms with van der Waals surface area (Å²) in [5.41, 5.74) is 7.10. The molecule has 2 rings (SSSR count). The van der Waals surface area contributed by atoms with Crippen molar-refractivity contribution in [2.75, 3.05) is 20.1 Å². The van der Waals surface area contributed by atoms with Gasteiger partial charge in [0.05, 0.1) is 6.42 Å². The predicted octanol–water partition coefficient (Wildman–Crippen LogP) is 1.82. The third-order valence-corrected chi connectivity index (χ3v) is 4.04. The Labute approximate surface area is 109 Å². The molecule has 0 atom stereocenters. The fourth-order valence-corrected chi connectivity index (χ4v) is 2.60. The lowest BCUT2D eigenvalue weighted by Gasteiger charge is -2.43. The van der Waals surface area contributed by atoms with Gasteiger partial charge in [-0.3, -0.25) is 4.79 Å². The van der Waals surface area contributed by atoms with Crippen molar-refractivity contribution in [3.63, 3.8) is 0 Å². The highest BCUT2D eigenvalue weighted by molar-refractivity contribution is 5.78. The molecule has 2 N–H and O–H groups in total. The molecule has 1 aromatic rings. The van der Waals surface area contributed by atoms with Gasteiger partial charge in [0.25, 0.3) is 0 Å². The van der Waals surface area contributed by atoms with Crippen molar-refractivity contribution in [1.82, 2.24) is 4.90 Å². The minimum Gasteiger partial charge on any atom is -0.345 e. The first kappa shape index (κ1) is 13.1. The zero-order valence-electron chi connectivity index (χ0n) is 11.1. The van der Waals surface area contributed by atoms with Gasteiger partial charge in [0, 0.05) is 19.0 Å². The molecule has 18 heavy (non-hydrogen) atoms. The first-order chi connectivity index (χ1) is 8.65. The van der Waals surface area contributed by atoms with Crippen LogP contribution in [0.1, 0.15) is 24.8 Å². The normalized spacial score (nSPS) is 17.0. The zero-order chi connectivity index (χ0) is 13.0. The molecule has 1 aliphatic carbocycles. The van der Waals surface area contributed by atoms with E-state index in [-0.39, 0.29) is 11.3 Å². The van der Waals surface area contributed by atoms with Crippen LogP contribution in [0.15, 0.2) is 30.3 Å². The fourth-order valence-electron chi connectivity index (χ4n) is 2.60. The second-order valence-corrected chi connectivity index (χ2v) is 5.47. The van der Waals surface area contributed by atoms with Gasteiger partial charge < -0.3 is 10.6 Å². The number of rotatable bonds is 5. The maximum absolute atomic E-state index is 12.1. The fraction of sp³-hybridized carbons (Fsp3) is 0.533. The Morgan fingerprint density at radius 1 is 1.33 bits per heavy atom. The van der Waals surface area contributed by atoms with E-state index in [1.54, 1.807) is 0 Å². The van der Waals surface area contributed by atoms with Crippen LogP contribution in [-0.2, 0) is 11.2 Å². The number of benzene rings is 1. The minimum atomic E-state index is 0.181. The third kappa shape index (κ3) is 2.91. The van der Waals surface area contributed by atoms with Crippen LogP contribution in [0.25, 0.3) is 0 Å². The Bertz CT molecular complexity index is 393. The number of nitrogens with two attached hydrogens (primary N) is 1. The lowest BCUT2D eigenvalue weighted by atomic mass is 9.68. The van der Waals surface area contributed by atoms with Gasteiger partial charge in [0.2, 0.25) is 5.91 Å². The van der Waals surface area contributed by atoms with E-state index in [9.17, 15) is 4.79 Å². The van der Waals surface area contributed by atoms with Crippen molar-refractivity contribution in [3.8, 4) is 0 Å². The Morgan fingerprint density at radius 2 is 2.00 bits per heavy atom. The van der Waals surface area contributed by atoms with Crippen molar-refractivity contribution in [2.45, 2.75) is 25.7 Å². The van der Waals surface area contributed by atoms with Crippen molar-refractivity contribution >= 4 is 5.91 Å². The summed E-state index contributed by atoms with van der Waals surface area (Å²) in [6, 6.07) is 9.89. The standard InChI is InChI=1S/C15H22N2O/c1-17(12-15(11-16)8-5-9-15)14(18)10-13-6-3-2-4-7-13/h2-4,6-7H,5,8-12,16H2,1H3. The van der Waals surface area contributed by atoms with Crippen molar-refractivity contribution in [1.29, 1.82) is 0 Å². The molecule has 1 amide bonds. The van der Waals surface area contributed by atoms with Crippen LogP contribution in [0.2, 0.25) is 0 Å². The van der Waals surface area contributed by atoms with Gasteiger partial charge >= 0.3 is 0 Å². The van der Waals surface area contributed by atoms with Gasteiger partial charge in [-0.15, -0.1) is 0 Å². The maximum Gasteiger partial charge on any atom is 0.226 e. The number of hydrogen-bond acceptors (Lipinski definition) is 2. The topological polar surface area (TPSA) is 46.3 Å². The molecule has 98 valence electrons. The van der Waals surface area contributed by atoms with E-state index in [2.05, 4.69) is 0 Å². The van der Waals surface area contributed by atoms with Gasteiger partial charge in [0.15, 0.2) is 0 Å². The molecule has 0 unspecified atom stereocenters. The average molecular weight is 246 g/mol. The first-order valence-corrected chi connectivity index (χ1v) is 6.63. The quantitative estimate of drug-likeness (QED) is 0.861. The molecule has 0 bridgehead atoms. The van der Waals surface area contributed by atoms with E-state index in [0.29, 0.717) is 13.0 Å².